The molecule has 1 nitrogen and oxygen atoms in total. The maximum atomic E-state index is 10.4. The highest BCUT2D eigenvalue weighted by molar-refractivity contribution is 7.09. The van der Waals surface area contributed by atoms with Crippen molar-refractivity contribution >= 4 is 11.3 Å². The molecule has 0 saturated heterocycles. The van der Waals surface area contributed by atoms with E-state index in [-0.39, 0.29) is 6.10 Å². The second-order valence-corrected chi connectivity index (χ2v) is 5.76. The molecule has 0 amide bonds. The van der Waals surface area contributed by atoms with Crippen LogP contribution in [0.3, 0.4) is 0 Å². The third-order valence-electron chi connectivity index (χ3n) is 3.65. The molecular formula is C15H16OS. The van der Waals surface area contributed by atoms with E-state index < -0.39 is 0 Å². The van der Waals surface area contributed by atoms with Crippen molar-refractivity contribution in [2.24, 2.45) is 5.92 Å². The summed E-state index contributed by atoms with van der Waals surface area (Å²) in [6, 6.07) is 12.5. The minimum atomic E-state index is -0.290. The summed E-state index contributed by atoms with van der Waals surface area (Å²) in [5, 5.41) is 12.5. The molecule has 1 aromatic heterocycles. The van der Waals surface area contributed by atoms with Gasteiger partial charge >= 0.3 is 0 Å². The Balaban J connectivity index is 1.82. The van der Waals surface area contributed by atoms with Crippen LogP contribution in [0.1, 0.15) is 28.5 Å². The van der Waals surface area contributed by atoms with Crippen LogP contribution in [-0.2, 0) is 12.8 Å². The SMILES string of the molecule is OC1c2ccccc2CCC1Cc1cccs1. The smallest absolute Gasteiger partial charge is 0.0824 e. The molecule has 3 rings (SSSR count). The number of aliphatic hydroxyl groups excluding tert-OH is 1. The third kappa shape index (κ3) is 2.15. The van der Waals surface area contributed by atoms with Crippen molar-refractivity contribution in [3.63, 3.8) is 0 Å². The average molecular weight is 244 g/mol. The van der Waals surface area contributed by atoms with Crippen LogP contribution >= 0.6 is 11.3 Å². The summed E-state index contributed by atoms with van der Waals surface area (Å²) in [6.07, 6.45) is 2.91. The van der Waals surface area contributed by atoms with Crippen molar-refractivity contribution in [1.29, 1.82) is 0 Å². The van der Waals surface area contributed by atoms with Gasteiger partial charge in [0.15, 0.2) is 0 Å². The Hall–Kier alpha value is -1.12. The predicted octanol–water partition coefficient (Wildman–Crippen LogP) is 3.59. The number of hydrogen-bond acceptors (Lipinski definition) is 2. The van der Waals surface area contributed by atoms with E-state index in [2.05, 4.69) is 35.7 Å². The third-order valence-corrected chi connectivity index (χ3v) is 4.55. The molecule has 0 radical (unpaired) electrons. The topological polar surface area (TPSA) is 20.2 Å². The van der Waals surface area contributed by atoms with E-state index in [4.69, 9.17) is 0 Å². The number of benzene rings is 1. The lowest BCUT2D eigenvalue weighted by Gasteiger charge is -2.29. The number of rotatable bonds is 2. The first-order valence-electron chi connectivity index (χ1n) is 6.13. The molecule has 0 fully saturated rings. The minimum Gasteiger partial charge on any atom is -0.388 e. The molecule has 0 saturated carbocycles. The molecule has 0 aliphatic heterocycles. The van der Waals surface area contributed by atoms with E-state index in [0.29, 0.717) is 5.92 Å². The van der Waals surface area contributed by atoms with Gasteiger partial charge in [0.05, 0.1) is 6.10 Å². The van der Waals surface area contributed by atoms with Crippen LogP contribution in [0.5, 0.6) is 0 Å². The van der Waals surface area contributed by atoms with Crippen molar-refractivity contribution in [2.45, 2.75) is 25.4 Å². The normalized spacial score (nSPS) is 23.4. The van der Waals surface area contributed by atoms with E-state index in [1.54, 1.807) is 11.3 Å². The minimum absolute atomic E-state index is 0.290. The highest BCUT2D eigenvalue weighted by atomic mass is 32.1. The standard InChI is InChI=1S/C15H16OS/c16-15-12(10-13-5-3-9-17-13)8-7-11-4-1-2-6-14(11)15/h1-6,9,12,15-16H,7-8,10H2. The Morgan fingerprint density at radius 3 is 2.88 bits per heavy atom. The second kappa shape index (κ2) is 4.63. The maximum absolute atomic E-state index is 10.4. The molecule has 1 N–H and O–H groups in total. The van der Waals surface area contributed by atoms with Crippen LogP contribution in [0.4, 0.5) is 0 Å². The van der Waals surface area contributed by atoms with Crippen molar-refractivity contribution in [3.05, 3.63) is 57.8 Å². The van der Waals surface area contributed by atoms with Gasteiger partial charge in [0.2, 0.25) is 0 Å². The fourth-order valence-corrected chi connectivity index (χ4v) is 3.50. The molecule has 17 heavy (non-hydrogen) atoms. The Labute approximate surface area is 106 Å². The zero-order valence-electron chi connectivity index (χ0n) is 9.67. The summed E-state index contributed by atoms with van der Waals surface area (Å²) in [5.74, 6) is 0.378. The summed E-state index contributed by atoms with van der Waals surface area (Å²) in [5.41, 5.74) is 2.46. The first-order valence-corrected chi connectivity index (χ1v) is 7.01. The van der Waals surface area contributed by atoms with Crippen molar-refractivity contribution in [3.8, 4) is 0 Å². The molecule has 1 aromatic carbocycles. The number of aryl methyl sites for hydroxylation is 1. The molecule has 88 valence electrons. The summed E-state index contributed by atoms with van der Waals surface area (Å²) in [6.45, 7) is 0. The molecule has 2 heteroatoms. The lowest BCUT2D eigenvalue weighted by Crippen LogP contribution is -2.22. The molecule has 2 unspecified atom stereocenters. The summed E-state index contributed by atoms with van der Waals surface area (Å²) >= 11 is 1.79. The second-order valence-electron chi connectivity index (χ2n) is 4.73. The van der Waals surface area contributed by atoms with Crippen LogP contribution < -0.4 is 0 Å². The summed E-state index contributed by atoms with van der Waals surface area (Å²) in [7, 11) is 0. The van der Waals surface area contributed by atoms with Gasteiger partial charge in [-0.3, -0.25) is 0 Å². The molecule has 1 aliphatic carbocycles. The zero-order valence-corrected chi connectivity index (χ0v) is 10.5. The van der Waals surface area contributed by atoms with Gasteiger partial charge in [-0.1, -0.05) is 30.3 Å². The lowest BCUT2D eigenvalue weighted by molar-refractivity contribution is 0.0941. The monoisotopic (exact) mass is 244 g/mol. The van der Waals surface area contributed by atoms with Gasteiger partial charge in [0.1, 0.15) is 0 Å². The van der Waals surface area contributed by atoms with E-state index in [0.717, 1.165) is 24.8 Å². The lowest BCUT2D eigenvalue weighted by atomic mass is 9.80. The maximum Gasteiger partial charge on any atom is 0.0824 e. The van der Waals surface area contributed by atoms with Crippen molar-refractivity contribution in [2.75, 3.05) is 0 Å². The Morgan fingerprint density at radius 2 is 2.06 bits per heavy atom. The number of fused-ring (bicyclic) bond motifs is 1. The van der Waals surface area contributed by atoms with Gasteiger partial charge in [-0.2, -0.15) is 0 Å². The molecule has 1 heterocycles. The molecule has 1 aliphatic rings. The Bertz CT molecular complexity index is 489. The fourth-order valence-electron chi connectivity index (χ4n) is 2.70. The fraction of sp³-hybridized carbons (Fsp3) is 0.333. The first-order chi connectivity index (χ1) is 8.34. The average Bonchev–Trinajstić information content (AvgIpc) is 2.86. The Kier molecular flexibility index (Phi) is 3.00. The van der Waals surface area contributed by atoms with Crippen molar-refractivity contribution < 1.29 is 5.11 Å². The van der Waals surface area contributed by atoms with Gasteiger partial charge in [-0.05, 0) is 47.8 Å². The molecule has 0 bridgehead atoms. The van der Waals surface area contributed by atoms with Gasteiger partial charge in [0.25, 0.3) is 0 Å². The van der Waals surface area contributed by atoms with E-state index >= 15 is 0 Å². The van der Waals surface area contributed by atoms with Gasteiger partial charge < -0.3 is 5.11 Å². The van der Waals surface area contributed by atoms with E-state index in [9.17, 15) is 5.11 Å². The first kappa shape index (κ1) is 11.0. The predicted molar refractivity (Wildman–Crippen MR) is 71.2 cm³/mol. The van der Waals surface area contributed by atoms with Crippen LogP contribution in [0.15, 0.2) is 41.8 Å². The highest BCUT2D eigenvalue weighted by Gasteiger charge is 2.27. The zero-order chi connectivity index (χ0) is 11.7. The van der Waals surface area contributed by atoms with Crippen molar-refractivity contribution in [1.82, 2.24) is 0 Å². The van der Waals surface area contributed by atoms with Crippen LogP contribution in [0.25, 0.3) is 0 Å². The van der Waals surface area contributed by atoms with Gasteiger partial charge in [-0.25, -0.2) is 0 Å². The molecule has 0 spiro atoms. The van der Waals surface area contributed by atoms with Gasteiger partial charge in [0, 0.05) is 4.88 Å². The molecule has 2 atom stereocenters. The number of hydrogen-bond donors (Lipinski definition) is 1. The van der Waals surface area contributed by atoms with Crippen LogP contribution in [0.2, 0.25) is 0 Å². The van der Waals surface area contributed by atoms with Gasteiger partial charge in [-0.15, -0.1) is 11.3 Å². The largest absolute Gasteiger partial charge is 0.388 e. The molecule has 2 aromatic rings. The van der Waals surface area contributed by atoms with Crippen LogP contribution in [0, 0.1) is 5.92 Å². The summed E-state index contributed by atoms with van der Waals surface area (Å²) < 4.78 is 0. The molecular weight excluding hydrogens is 228 g/mol. The van der Waals surface area contributed by atoms with E-state index in [1.165, 1.54) is 10.4 Å². The number of thiophene rings is 1. The van der Waals surface area contributed by atoms with E-state index in [1.807, 2.05) is 6.07 Å². The number of aliphatic hydroxyl groups is 1. The Morgan fingerprint density at radius 1 is 1.18 bits per heavy atom. The highest BCUT2D eigenvalue weighted by Crippen LogP contribution is 2.36. The summed E-state index contributed by atoms with van der Waals surface area (Å²) in [4.78, 5) is 1.38. The quantitative estimate of drug-likeness (QED) is 0.856. The van der Waals surface area contributed by atoms with Crippen LogP contribution in [-0.4, -0.2) is 5.11 Å².